The highest BCUT2D eigenvalue weighted by molar-refractivity contribution is 7.12. The van der Waals surface area contributed by atoms with Gasteiger partial charge in [0.1, 0.15) is 6.54 Å². The summed E-state index contributed by atoms with van der Waals surface area (Å²) in [6.45, 7) is -2.54. The number of carbonyl (C=O) groups excluding carboxylic acids is 4. The summed E-state index contributed by atoms with van der Waals surface area (Å²) in [4.78, 5) is 47.7. The Kier molecular flexibility index (Phi) is 6.88. The lowest BCUT2D eigenvalue weighted by molar-refractivity contribution is -0.125. The summed E-state index contributed by atoms with van der Waals surface area (Å²) >= 11 is 1.19. The highest BCUT2D eigenvalue weighted by atomic mass is 32.1. The molecule has 0 aliphatic carbocycles. The van der Waals surface area contributed by atoms with Crippen molar-refractivity contribution in [2.24, 2.45) is 0 Å². The first-order valence-electron chi connectivity index (χ1n) is 7.66. The average Bonchev–Trinajstić information content (AvgIpc) is 3.18. The van der Waals surface area contributed by atoms with E-state index in [1.54, 1.807) is 28.9 Å². The van der Waals surface area contributed by atoms with E-state index in [9.17, 15) is 32.3 Å². The van der Waals surface area contributed by atoms with Crippen LogP contribution in [0, 0.1) is 0 Å². The minimum Gasteiger partial charge on any atom is -0.452 e. The van der Waals surface area contributed by atoms with Gasteiger partial charge in [0.2, 0.25) is 5.78 Å². The Morgan fingerprint density at radius 2 is 1.68 bits per heavy atom. The first-order valence-corrected chi connectivity index (χ1v) is 8.54. The van der Waals surface area contributed by atoms with E-state index in [2.05, 4.69) is 0 Å². The van der Waals surface area contributed by atoms with Crippen LogP contribution in [0.4, 0.5) is 18.0 Å². The van der Waals surface area contributed by atoms with Gasteiger partial charge in [0.25, 0.3) is 5.91 Å². The number of alkyl halides is 3. The highest BCUT2D eigenvalue weighted by Gasteiger charge is 2.28. The first kappa shape index (κ1) is 21.1. The summed E-state index contributed by atoms with van der Waals surface area (Å²) in [6.07, 6.45) is -4.63. The van der Waals surface area contributed by atoms with Crippen molar-refractivity contribution in [2.45, 2.75) is 6.18 Å². The van der Waals surface area contributed by atoms with Crippen molar-refractivity contribution >= 4 is 35.0 Å². The zero-order valence-corrected chi connectivity index (χ0v) is 14.9. The van der Waals surface area contributed by atoms with Gasteiger partial charge in [-0.2, -0.15) is 13.2 Å². The zero-order valence-electron chi connectivity index (χ0n) is 14.0. The van der Waals surface area contributed by atoms with Crippen LogP contribution in [-0.2, 0) is 9.53 Å². The topological polar surface area (TPSA) is 102 Å². The number of esters is 1. The van der Waals surface area contributed by atoms with Crippen LogP contribution in [0.25, 0.3) is 0 Å². The maximum absolute atomic E-state index is 12.4. The quantitative estimate of drug-likeness (QED) is 0.559. The van der Waals surface area contributed by atoms with Crippen molar-refractivity contribution in [1.29, 1.82) is 0 Å². The third-order valence-electron chi connectivity index (χ3n) is 3.17. The number of halogens is 3. The number of hydrogen-bond donors (Lipinski definition) is 2. The van der Waals surface area contributed by atoms with Gasteiger partial charge in [0.15, 0.2) is 6.61 Å². The molecule has 0 radical (unpaired) electrons. The van der Waals surface area contributed by atoms with E-state index in [-0.39, 0.29) is 11.1 Å². The second-order valence-corrected chi connectivity index (χ2v) is 6.22. The summed E-state index contributed by atoms with van der Waals surface area (Å²) in [5, 5.41) is 4.72. The minimum absolute atomic E-state index is 0.0679. The van der Waals surface area contributed by atoms with Gasteiger partial charge in [0.05, 0.1) is 10.4 Å². The monoisotopic (exact) mass is 414 g/mol. The molecule has 0 saturated carbocycles. The number of thiophene rings is 1. The minimum atomic E-state index is -4.63. The van der Waals surface area contributed by atoms with Gasteiger partial charge >= 0.3 is 18.2 Å². The van der Waals surface area contributed by atoms with Crippen molar-refractivity contribution in [1.82, 2.24) is 10.6 Å². The summed E-state index contributed by atoms with van der Waals surface area (Å²) in [6, 6.07) is 7.67. The van der Waals surface area contributed by atoms with E-state index in [1.807, 2.05) is 0 Å². The molecule has 7 nitrogen and oxygen atoms in total. The van der Waals surface area contributed by atoms with Crippen molar-refractivity contribution in [3.63, 3.8) is 0 Å². The van der Waals surface area contributed by atoms with E-state index >= 15 is 0 Å². The van der Waals surface area contributed by atoms with Crippen LogP contribution in [0.2, 0.25) is 0 Å². The fourth-order valence-corrected chi connectivity index (χ4v) is 2.67. The normalized spacial score (nSPS) is 10.8. The van der Waals surface area contributed by atoms with Crippen LogP contribution >= 0.6 is 11.3 Å². The predicted molar refractivity (Wildman–Crippen MR) is 92.1 cm³/mol. The van der Waals surface area contributed by atoms with Gasteiger partial charge in [-0.3, -0.25) is 14.9 Å². The molecule has 2 rings (SSSR count). The molecule has 28 heavy (non-hydrogen) atoms. The summed E-state index contributed by atoms with van der Waals surface area (Å²) in [5.41, 5.74) is -0.0199. The molecule has 0 unspecified atom stereocenters. The van der Waals surface area contributed by atoms with Crippen molar-refractivity contribution in [3.05, 3.63) is 57.8 Å². The van der Waals surface area contributed by atoms with Crippen molar-refractivity contribution in [3.8, 4) is 0 Å². The Morgan fingerprint density at radius 1 is 1.00 bits per heavy atom. The molecule has 0 aliphatic heterocycles. The van der Waals surface area contributed by atoms with Crippen molar-refractivity contribution in [2.75, 3.05) is 13.2 Å². The zero-order chi connectivity index (χ0) is 20.7. The van der Waals surface area contributed by atoms with Gasteiger partial charge in [-0.05, 0) is 17.5 Å². The maximum atomic E-state index is 12.4. The molecule has 0 saturated heterocycles. The molecule has 148 valence electrons. The maximum Gasteiger partial charge on any atom is 0.405 e. The number of nitrogens with one attached hydrogen (secondary N) is 2. The number of urea groups is 1. The van der Waals surface area contributed by atoms with E-state index in [0.29, 0.717) is 4.88 Å². The summed E-state index contributed by atoms with van der Waals surface area (Å²) < 4.78 is 40.7. The number of benzene rings is 1. The van der Waals surface area contributed by atoms with E-state index in [1.165, 1.54) is 34.9 Å². The molecular weight excluding hydrogens is 401 g/mol. The smallest absolute Gasteiger partial charge is 0.405 e. The Bertz CT molecular complexity index is 881. The fraction of sp³-hybridized carbons (Fsp3) is 0.176. The molecule has 0 fully saturated rings. The van der Waals surface area contributed by atoms with E-state index in [0.717, 1.165) is 0 Å². The number of rotatable bonds is 6. The molecule has 0 bridgehead atoms. The number of hydrogen-bond acceptors (Lipinski definition) is 6. The standard InChI is InChI=1S/C17H13F3N2O5S/c18-17(19,20)9-21-16(26)22-13(23)8-27-15(25)11-5-2-1-4-10(11)14(24)12-6-3-7-28-12/h1-7H,8-9H2,(H2,21,22,23,26). The predicted octanol–water partition coefficient (Wildman–Crippen LogP) is 2.52. The SMILES string of the molecule is O=C(COC(=O)c1ccccc1C(=O)c1cccs1)NC(=O)NCC(F)(F)F. The number of imide groups is 1. The number of amides is 3. The van der Waals surface area contributed by atoms with Crippen LogP contribution in [0.1, 0.15) is 25.6 Å². The molecule has 2 N–H and O–H groups in total. The van der Waals surface area contributed by atoms with Crippen LogP contribution in [0.3, 0.4) is 0 Å². The molecule has 2 aromatic rings. The van der Waals surface area contributed by atoms with Gasteiger partial charge in [-0.25, -0.2) is 9.59 Å². The lowest BCUT2D eigenvalue weighted by Gasteiger charge is -2.10. The molecule has 3 amide bonds. The second-order valence-electron chi connectivity index (χ2n) is 5.27. The lowest BCUT2D eigenvalue weighted by Crippen LogP contribution is -2.44. The van der Waals surface area contributed by atoms with Gasteiger partial charge in [-0.15, -0.1) is 11.3 Å². The van der Waals surface area contributed by atoms with Crippen LogP contribution < -0.4 is 10.6 Å². The van der Waals surface area contributed by atoms with Crippen LogP contribution in [0.5, 0.6) is 0 Å². The fourth-order valence-electron chi connectivity index (χ4n) is 2.00. The first-order chi connectivity index (χ1) is 13.2. The Balaban J connectivity index is 1.94. The third-order valence-corrected chi connectivity index (χ3v) is 4.04. The third kappa shape index (κ3) is 6.20. The molecule has 0 aliphatic rings. The van der Waals surface area contributed by atoms with E-state index in [4.69, 9.17) is 4.74 Å². The van der Waals surface area contributed by atoms with Gasteiger partial charge in [0, 0.05) is 5.56 Å². The molecule has 1 heterocycles. The van der Waals surface area contributed by atoms with Crippen LogP contribution in [0.15, 0.2) is 41.8 Å². The molecule has 1 aromatic heterocycles. The highest BCUT2D eigenvalue weighted by Crippen LogP contribution is 2.19. The van der Waals surface area contributed by atoms with Crippen molar-refractivity contribution < 1.29 is 37.1 Å². The van der Waals surface area contributed by atoms with Crippen LogP contribution in [-0.4, -0.2) is 43.0 Å². The molecule has 11 heteroatoms. The molecule has 0 spiro atoms. The van der Waals surface area contributed by atoms with Gasteiger partial charge < -0.3 is 10.1 Å². The van der Waals surface area contributed by atoms with Gasteiger partial charge in [-0.1, -0.05) is 24.3 Å². The number of carbonyl (C=O) groups is 4. The second kappa shape index (κ2) is 9.13. The number of ketones is 1. The Hall–Kier alpha value is -3.21. The summed E-state index contributed by atoms with van der Waals surface area (Å²) in [7, 11) is 0. The number of ether oxygens (including phenoxy) is 1. The lowest BCUT2D eigenvalue weighted by atomic mass is 10.0. The van der Waals surface area contributed by atoms with E-state index < -0.39 is 43.0 Å². The Labute approximate surface area is 160 Å². The largest absolute Gasteiger partial charge is 0.452 e. The molecule has 0 atom stereocenters. The molecule has 1 aromatic carbocycles. The summed E-state index contributed by atoms with van der Waals surface area (Å²) in [5.74, 6) is -2.53. The Morgan fingerprint density at radius 3 is 2.29 bits per heavy atom. The molecular formula is C17H13F3N2O5S. The average molecular weight is 414 g/mol.